The Balaban J connectivity index is 1.52. The molecule has 6 heteroatoms. The summed E-state index contributed by atoms with van der Waals surface area (Å²) < 4.78 is 7.71. The van der Waals surface area contributed by atoms with E-state index in [1.54, 1.807) is 0 Å². The van der Waals surface area contributed by atoms with E-state index in [4.69, 9.17) is 9.57 Å². The highest BCUT2D eigenvalue weighted by Gasteiger charge is 2.32. The second kappa shape index (κ2) is 7.29. The van der Waals surface area contributed by atoms with Crippen molar-refractivity contribution < 1.29 is 14.4 Å². The number of rotatable bonds is 3. The number of benzene rings is 1. The smallest absolute Gasteiger partial charge is 0.342 e. The SMILES string of the molecule is O=C(NO[C@H]1CCCCO1)N1CCn2cccc2[C@@H]1c1ccccc1. The van der Waals surface area contributed by atoms with E-state index in [-0.39, 0.29) is 18.4 Å². The van der Waals surface area contributed by atoms with Crippen molar-refractivity contribution in [3.05, 3.63) is 59.9 Å². The fourth-order valence-electron chi connectivity index (χ4n) is 3.57. The zero-order valence-corrected chi connectivity index (χ0v) is 14.1. The molecule has 2 aliphatic rings. The molecule has 2 aromatic rings. The maximum atomic E-state index is 12.8. The number of carbonyl (C=O) groups excluding carboxylic acids is 1. The maximum absolute atomic E-state index is 12.8. The van der Waals surface area contributed by atoms with Gasteiger partial charge in [-0.1, -0.05) is 30.3 Å². The summed E-state index contributed by atoms with van der Waals surface area (Å²) in [6.07, 6.45) is 4.64. The van der Waals surface area contributed by atoms with Crippen LogP contribution in [-0.4, -0.2) is 34.9 Å². The van der Waals surface area contributed by atoms with Crippen molar-refractivity contribution in [1.82, 2.24) is 14.9 Å². The van der Waals surface area contributed by atoms with Crippen molar-refractivity contribution in [3.63, 3.8) is 0 Å². The number of amides is 2. The monoisotopic (exact) mass is 341 g/mol. The zero-order chi connectivity index (χ0) is 17.1. The summed E-state index contributed by atoms with van der Waals surface area (Å²) in [6.45, 7) is 2.09. The van der Waals surface area contributed by atoms with E-state index in [1.807, 2.05) is 29.2 Å². The minimum absolute atomic E-state index is 0.124. The van der Waals surface area contributed by atoms with Crippen molar-refractivity contribution >= 4 is 6.03 Å². The molecule has 2 aliphatic heterocycles. The maximum Gasteiger partial charge on any atom is 0.342 e. The molecule has 1 fully saturated rings. The Kier molecular flexibility index (Phi) is 4.72. The summed E-state index contributed by atoms with van der Waals surface area (Å²) in [7, 11) is 0. The van der Waals surface area contributed by atoms with Crippen LogP contribution in [0.15, 0.2) is 48.7 Å². The van der Waals surface area contributed by atoms with E-state index in [0.717, 1.165) is 37.1 Å². The van der Waals surface area contributed by atoms with Crippen LogP contribution in [0.25, 0.3) is 0 Å². The quantitative estimate of drug-likeness (QED) is 0.873. The summed E-state index contributed by atoms with van der Waals surface area (Å²) in [4.78, 5) is 20.1. The molecule has 25 heavy (non-hydrogen) atoms. The van der Waals surface area contributed by atoms with E-state index >= 15 is 0 Å². The first-order valence-corrected chi connectivity index (χ1v) is 8.87. The molecule has 1 aromatic heterocycles. The van der Waals surface area contributed by atoms with Gasteiger partial charge in [-0.15, -0.1) is 0 Å². The van der Waals surface area contributed by atoms with E-state index in [9.17, 15) is 4.79 Å². The van der Waals surface area contributed by atoms with Crippen LogP contribution in [-0.2, 0) is 16.1 Å². The largest absolute Gasteiger partial charge is 0.350 e. The minimum atomic E-state index is -0.346. The molecule has 0 aliphatic carbocycles. The van der Waals surface area contributed by atoms with Gasteiger partial charge in [0.05, 0.1) is 6.04 Å². The zero-order valence-electron chi connectivity index (χ0n) is 14.1. The Labute approximate surface area is 147 Å². The third-order valence-electron chi connectivity index (χ3n) is 4.83. The lowest BCUT2D eigenvalue weighted by Gasteiger charge is -2.37. The first-order valence-electron chi connectivity index (χ1n) is 8.87. The molecule has 0 bridgehead atoms. The number of urea groups is 1. The van der Waals surface area contributed by atoms with Gasteiger partial charge in [0.1, 0.15) is 0 Å². The highest BCUT2D eigenvalue weighted by Crippen LogP contribution is 2.32. The molecule has 3 heterocycles. The molecule has 132 valence electrons. The first kappa shape index (κ1) is 16.2. The second-order valence-electron chi connectivity index (χ2n) is 6.45. The molecular formula is C19H23N3O3. The molecule has 0 spiro atoms. The lowest BCUT2D eigenvalue weighted by atomic mass is 10.0. The van der Waals surface area contributed by atoms with Crippen molar-refractivity contribution in [2.24, 2.45) is 0 Å². The van der Waals surface area contributed by atoms with Gasteiger partial charge in [-0.05, 0) is 30.5 Å². The van der Waals surface area contributed by atoms with Crippen LogP contribution in [0.4, 0.5) is 4.79 Å². The molecule has 0 unspecified atom stereocenters. The minimum Gasteiger partial charge on any atom is -0.350 e. The van der Waals surface area contributed by atoms with Gasteiger partial charge in [-0.2, -0.15) is 0 Å². The van der Waals surface area contributed by atoms with E-state index in [0.29, 0.717) is 13.2 Å². The van der Waals surface area contributed by atoms with E-state index in [2.05, 4.69) is 34.4 Å². The number of aromatic nitrogens is 1. The van der Waals surface area contributed by atoms with Crippen LogP contribution < -0.4 is 5.48 Å². The average Bonchev–Trinajstić information content (AvgIpc) is 3.15. The van der Waals surface area contributed by atoms with Crippen molar-refractivity contribution in [3.8, 4) is 0 Å². The van der Waals surface area contributed by atoms with E-state index in [1.165, 1.54) is 0 Å². The summed E-state index contributed by atoms with van der Waals surface area (Å²) >= 11 is 0. The molecule has 2 atom stereocenters. The van der Waals surface area contributed by atoms with Crippen LogP contribution >= 0.6 is 0 Å². The Morgan fingerprint density at radius 1 is 1.12 bits per heavy atom. The number of hydrogen-bond acceptors (Lipinski definition) is 3. The average molecular weight is 341 g/mol. The number of nitrogens with one attached hydrogen (secondary N) is 1. The Bertz CT molecular complexity index is 710. The van der Waals surface area contributed by atoms with Gasteiger partial charge in [0.2, 0.25) is 0 Å². The number of fused-ring (bicyclic) bond motifs is 1. The van der Waals surface area contributed by atoms with Crippen LogP contribution in [0, 0.1) is 0 Å². The van der Waals surface area contributed by atoms with Gasteiger partial charge in [0.15, 0.2) is 6.29 Å². The first-order chi connectivity index (χ1) is 12.3. The summed E-state index contributed by atoms with van der Waals surface area (Å²) in [5.41, 5.74) is 4.80. The molecule has 2 amide bonds. The normalized spacial score (nSPS) is 23.1. The molecule has 1 N–H and O–H groups in total. The van der Waals surface area contributed by atoms with Crippen LogP contribution in [0.2, 0.25) is 0 Å². The Hall–Kier alpha value is -2.31. The van der Waals surface area contributed by atoms with Gasteiger partial charge in [-0.25, -0.2) is 15.1 Å². The number of carbonyl (C=O) groups is 1. The number of hydroxylamine groups is 1. The van der Waals surface area contributed by atoms with Crippen LogP contribution in [0.5, 0.6) is 0 Å². The summed E-state index contributed by atoms with van der Waals surface area (Å²) in [5.74, 6) is 0. The Morgan fingerprint density at radius 3 is 2.80 bits per heavy atom. The van der Waals surface area contributed by atoms with Crippen LogP contribution in [0.3, 0.4) is 0 Å². The number of nitrogens with zero attached hydrogens (tertiary/aromatic N) is 2. The molecular weight excluding hydrogens is 318 g/mol. The molecule has 1 aromatic carbocycles. The van der Waals surface area contributed by atoms with E-state index < -0.39 is 0 Å². The molecule has 0 radical (unpaired) electrons. The third-order valence-corrected chi connectivity index (χ3v) is 4.83. The second-order valence-corrected chi connectivity index (χ2v) is 6.45. The van der Waals surface area contributed by atoms with Gasteiger partial charge in [0, 0.05) is 38.0 Å². The summed E-state index contributed by atoms with van der Waals surface area (Å²) in [6, 6.07) is 13.8. The van der Waals surface area contributed by atoms with Crippen LogP contribution in [0.1, 0.15) is 36.6 Å². The van der Waals surface area contributed by atoms with Gasteiger partial charge < -0.3 is 14.2 Å². The van der Waals surface area contributed by atoms with Crippen molar-refractivity contribution in [2.45, 2.75) is 38.1 Å². The summed E-state index contributed by atoms with van der Waals surface area (Å²) in [5, 5.41) is 0. The third kappa shape index (κ3) is 3.41. The predicted molar refractivity (Wildman–Crippen MR) is 92.6 cm³/mol. The number of hydrogen-bond donors (Lipinski definition) is 1. The highest BCUT2D eigenvalue weighted by molar-refractivity contribution is 5.74. The van der Waals surface area contributed by atoms with Crippen molar-refractivity contribution in [1.29, 1.82) is 0 Å². The predicted octanol–water partition coefficient (Wildman–Crippen LogP) is 3.06. The molecule has 4 rings (SSSR count). The fourth-order valence-corrected chi connectivity index (χ4v) is 3.57. The molecule has 1 saturated heterocycles. The topological polar surface area (TPSA) is 55.7 Å². The molecule has 0 saturated carbocycles. The lowest BCUT2D eigenvalue weighted by Crippen LogP contribution is -2.48. The standard InChI is InChI=1S/C19H23N3O3/c23-19(20-25-17-10-4-5-14-24-17)22-13-12-21-11-6-9-16(21)18(22)15-7-2-1-3-8-15/h1-3,6-9,11,17-18H,4-5,10,12-14H2,(H,20,23)/t17-,18-/m0/s1. The molecule has 6 nitrogen and oxygen atoms in total. The van der Waals surface area contributed by atoms with Gasteiger partial charge in [0.25, 0.3) is 0 Å². The lowest BCUT2D eigenvalue weighted by molar-refractivity contribution is -0.188. The fraction of sp³-hybridized carbons (Fsp3) is 0.421. The van der Waals surface area contributed by atoms with Gasteiger partial charge >= 0.3 is 6.03 Å². The van der Waals surface area contributed by atoms with Gasteiger partial charge in [-0.3, -0.25) is 0 Å². The Morgan fingerprint density at radius 2 is 2.00 bits per heavy atom. The highest BCUT2D eigenvalue weighted by atomic mass is 16.8. The van der Waals surface area contributed by atoms with Crippen molar-refractivity contribution in [2.75, 3.05) is 13.2 Å². The number of ether oxygens (including phenoxy) is 1.